The number of aliphatic hydroxyl groups is 4. The lowest BCUT2D eigenvalue weighted by Crippen LogP contribution is -2.53. The molecule has 0 aliphatic heterocycles. The van der Waals surface area contributed by atoms with Gasteiger partial charge in [-0.25, -0.2) is 0 Å². The minimum Gasteiger partial charge on any atom is -0.394 e. The van der Waals surface area contributed by atoms with Crippen molar-refractivity contribution in [3.05, 3.63) is 12.2 Å². The Hall–Kier alpha value is -0.950. The average molecular weight is 738 g/mol. The second-order valence-electron chi connectivity index (χ2n) is 16.1. The van der Waals surface area contributed by atoms with Gasteiger partial charge in [0.15, 0.2) is 0 Å². The van der Waals surface area contributed by atoms with Crippen molar-refractivity contribution in [2.75, 3.05) is 6.61 Å². The van der Waals surface area contributed by atoms with E-state index in [1.807, 2.05) is 0 Å². The maximum absolute atomic E-state index is 12.5. The summed E-state index contributed by atoms with van der Waals surface area (Å²) in [6, 6.07) is -0.997. The van der Waals surface area contributed by atoms with Gasteiger partial charge >= 0.3 is 0 Å². The molecule has 0 radical (unpaired) electrons. The van der Waals surface area contributed by atoms with E-state index in [4.69, 9.17) is 0 Å². The van der Waals surface area contributed by atoms with Crippen molar-refractivity contribution in [1.82, 2.24) is 5.32 Å². The van der Waals surface area contributed by atoms with Gasteiger partial charge in [0.1, 0.15) is 12.2 Å². The predicted octanol–water partition coefficient (Wildman–Crippen LogP) is 12.2. The summed E-state index contributed by atoms with van der Waals surface area (Å²) in [5.74, 6) is -0.590. The zero-order valence-corrected chi connectivity index (χ0v) is 34.8. The van der Waals surface area contributed by atoms with E-state index in [2.05, 4.69) is 31.3 Å². The van der Waals surface area contributed by atoms with Gasteiger partial charge in [-0.05, 0) is 38.5 Å². The molecule has 6 nitrogen and oxygen atoms in total. The standard InChI is InChI=1S/C46H91NO5/c1-3-5-7-9-11-13-15-17-19-21-22-23-24-26-27-29-31-33-35-37-39-43(49)45(51)42(41-48)47-46(52)44(50)40-38-36-34-32-30-28-25-20-18-16-14-12-10-8-6-4-2/h31,33,42-45,48-51H,3-30,32,34-41H2,1-2H3,(H,47,52)/b33-31+. The lowest BCUT2D eigenvalue weighted by atomic mass is 10.00. The molecule has 4 atom stereocenters. The molecule has 0 saturated heterocycles. The SMILES string of the molecule is CCCCCCCCCCCCCCCCC/C=C/CCCC(O)C(O)C(CO)NC(=O)C(O)CCCCCCCCCCCCCCCCCC. The van der Waals surface area contributed by atoms with Gasteiger partial charge in [0, 0.05) is 0 Å². The molecular weight excluding hydrogens is 647 g/mol. The Morgan fingerprint density at radius 2 is 0.788 bits per heavy atom. The van der Waals surface area contributed by atoms with Gasteiger partial charge in [-0.1, -0.05) is 219 Å². The van der Waals surface area contributed by atoms with E-state index in [-0.39, 0.29) is 0 Å². The third kappa shape index (κ3) is 34.8. The third-order valence-electron chi connectivity index (χ3n) is 11.0. The highest BCUT2D eigenvalue weighted by Crippen LogP contribution is 2.16. The summed E-state index contributed by atoms with van der Waals surface area (Å²) in [4.78, 5) is 12.5. The number of carbonyl (C=O) groups excluding carboxylic acids is 1. The van der Waals surface area contributed by atoms with E-state index in [1.165, 1.54) is 180 Å². The quantitative estimate of drug-likeness (QED) is 0.0316. The van der Waals surface area contributed by atoms with Crippen molar-refractivity contribution in [3.8, 4) is 0 Å². The van der Waals surface area contributed by atoms with Crippen LogP contribution in [0.1, 0.15) is 245 Å². The Morgan fingerprint density at radius 3 is 1.15 bits per heavy atom. The third-order valence-corrected chi connectivity index (χ3v) is 11.0. The molecule has 0 spiro atoms. The number of carbonyl (C=O) groups is 1. The van der Waals surface area contributed by atoms with Crippen LogP contribution in [0.15, 0.2) is 12.2 Å². The van der Waals surface area contributed by atoms with Crippen LogP contribution in [0.5, 0.6) is 0 Å². The lowest BCUT2D eigenvalue weighted by molar-refractivity contribution is -0.132. The smallest absolute Gasteiger partial charge is 0.249 e. The monoisotopic (exact) mass is 738 g/mol. The van der Waals surface area contributed by atoms with Gasteiger partial charge in [0.2, 0.25) is 5.91 Å². The summed E-state index contributed by atoms with van der Waals surface area (Å²) in [5, 5.41) is 43.7. The van der Waals surface area contributed by atoms with Crippen molar-refractivity contribution in [2.24, 2.45) is 0 Å². The van der Waals surface area contributed by atoms with Crippen LogP contribution in [0.2, 0.25) is 0 Å². The summed E-state index contributed by atoms with van der Waals surface area (Å²) in [6.45, 7) is 4.06. The molecule has 0 fully saturated rings. The maximum Gasteiger partial charge on any atom is 0.249 e. The van der Waals surface area contributed by atoms with Crippen LogP contribution in [0.25, 0.3) is 0 Å². The fourth-order valence-electron chi connectivity index (χ4n) is 7.29. The van der Waals surface area contributed by atoms with Gasteiger partial charge in [-0.15, -0.1) is 0 Å². The molecule has 6 heteroatoms. The van der Waals surface area contributed by atoms with Crippen LogP contribution >= 0.6 is 0 Å². The first-order valence-corrected chi connectivity index (χ1v) is 23.1. The normalized spacial score (nSPS) is 14.2. The van der Waals surface area contributed by atoms with Crippen molar-refractivity contribution in [3.63, 3.8) is 0 Å². The molecule has 5 N–H and O–H groups in total. The van der Waals surface area contributed by atoms with Gasteiger partial charge in [0.05, 0.1) is 18.8 Å². The summed E-state index contributed by atoms with van der Waals surface area (Å²) in [6.07, 6.45) is 45.3. The fraction of sp³-hybridized carbons (Fsp3) is 0.935. The highest BCUT2D eigenvalue weighted by Gasteiger charge is 2.28. The highest BCUT2D eigenvalue weighted by atomic mass is 16.3. The number of amides is 1. The number of rotatable bonds is 42. The molecule has 0 bridgehead atoms. The first-order valence-electron chi connectivity index (χ1n) is 23.1. The number of unbranched alkanes of at least 4 members (excludes halogenated alkanes) is 31. The van der Waals surface area contributed by atoms with Crippen LogP contribution in [0, 0.1) is 0 Å². The predicted molar refractivity (Wildman–Crippen MR) is 224 cm³/mol. The van der Waals surface area contributed by atoms with E-state index >= 15 is 0 Å². The van der Waals surface area contributed by atoms with Crippen LogP contribution < -0.4 is 5.32 Å². The van der Waals surface area contributed by atoms with E-state index in [0.29, 0.717) is 12.8 Å². The molecular formula is C46H91NO5. The number of allylic oxidation sites excluding steroid dienone is 2. The number of hydrogen-bond donors (Lipinski definition) is 5. The minimum absolute atomic E-state index is 0.368. The molecule has 310 valence electrons. The Kier molecular flexibility index (Phi) is 40.5. The van der Waals surface area contributed by atoms with Crippen molar-refractivity contribution in [2.45, 2.75) is 269 Å². The average Bonchev–Trinajstić information content (AvgIpc) is 3.15. The van der Waals surface area contributed by atoms with Crippen molar-refractivity contribution >= 4 is 5.91 Å². The number of aliphatic hydroxyl groups excluding tert-OH is 4. The van der Waals surface area contributed by atoms with E-state index < -0.39 is 36.9 Å². The summed E-state index contributed by atoms with van der Waals surface area (Å²) in [5.41, 5.74) is 0. The Labute approximate surface area is 323 Å². The fourth-order valence-corrected chi connectivity index (χ4v) is 7.29. The molecule has 52 heavy (non-hydrogen) atoms. The summed E-state index contributed by atoms with van der Waals surface area (Å²) >= 11 is 0. The minimum atomic E-state index is -1.28. The molecule has 1 amide bonds. The zero-order valence-electron chi connectivity index (χ0n) is 34.8. The molecule has 0 rings (SSSR count). The topological polar surface area (TPSA) is 110 Å². The van der Waals surface area contributed by atoms with Gasteiger partial charge in [0.25, 0.3) is 0 Å². The zero-order chi connectivity index (χ0) is 38.2. The van der Waals surface area contributed by atoms with Crippen molar-refractivity contribution in [1.29, 1.82) is 0 Å². The molecule has 0 aromatic rings. The molecule has 0 aromatic carbocycles. The van der Waals surface area contributed by atoms with Crippen LogP contribution in [-0.4, -0.2) is 57.3 Å². The van der Waals surface area contributed by atoms with E-state index in [1.54, 1.807) is 0 Å². The summed E-state index contributed by atoms with van der Waals surface area (Å²) in [7, 11) is 0. The summed E-state index contributed by atoms with van der Waals surface area (Å²) < 4.78 is 0. The Bertz CT molecular complexity index is 746. The molecule has 0 aliphatic rings. The van der Waals surface area contributed by atoms with Crippen LogP contribution in [0.3, 0.4) is 0 Å². The lowest BCUT2D eigenvalue weighted by Gasteiger charge is -2.27. The highest BCUT2D eigenvalue weighted by molar-refractivity contribution is 5.80. The maximum atomic E-state index is 12.5. The Balaban J connectivity index is 3.73. The first kappa shape index (κ1) is 51.0. The van der Waals surface area contributed by atoms with Crippen molar-refractivity contribution < 1.29 is 25.2 Å². The molecule has 0 heterocycles. The molecule has 0 aliphatic carbocycles. The Morgan fingerprint density at radius 1 is 0.462 bits per heavy atom. The molecule has 4 unspecified atom stereocenters. The number of hydrogen-bond acceptors (Lipinski definition) is 5. The van der Waals surface area contributed by atoms with Gasteiger partial charge in [-0.2, -0.15) is 0 Å². The van der Waals surface area contributed by atoms with Gasteiger partial charge in [-0.3, -0.25) is 4.79 Å². The van der Waals surface area contributed by atoms with Crippen LogP contribution in [0.4, 0.5) is 0 Å². The second kappa shape index (κ2) is 41.2. The van der Waals surface area contributed by atoms with Crippen LogP contribution in [-0.2, 0) is 4.79 Å². The van der Waals surface area contributed by atoms with E-state index in [0.717, 1.165) is 38.5 Å². The first-order chi connectivity index (χ1) is 25.5. The van der Waals surface area contributed by atoms with E-state index in [9.17, 15) is 25.2 Å². The van der Waals surface area contributed by atoms with Gasteiger partial charge < -0.3 is 25.7 Å². The largest absolute Gasteiger partial charge is 0.394 e. The number of nitrogens with one attached hydrogen (secondary N) is 1. The molecule has 0 saturated carbocycles. The second-order valence-corrected chi connectivity index (χ2v) is 16.1. The molecule has 0 aromatic heterocycles.